The molecule has 0 aliphatic carbocycles. The lowest BCUT2D eigenvalue weighted by Crippen LogP contribution is -2.20. The van der Waals surface area contributed by atoms with Gasteiger partial charge in [-0.1, -0.05) is 60.1 Å². The molecule has 1 amide bonds. The highest BCUT2D eigenvalue weighted by atomic mass is 35.5. The maximum absolute atomic E-state index is 11.1. The molecule has 0 aliphatic rings. The van der Waals surface area contributed by atoms with E-state index >= 15 is 0 Å². The summed E-state index contributed by atoms with van der Waals surface area (Å²) in [6.07, 6.45) is 0.0731. The minimum atomic E-state index is -0.466. The number of aromatic hydroxyl groups is 1. The van der Waals surface area contributed by atoms with Gasteiger partial charge in [-0.25, -0.2) is 4.99 Å². The predicted octanol–water partition coefficient (Wildman–Crippen LogP) is 4.57. The van der Waals surface area contributed by atoms with Crippen molar-refractivity contribution in [2.75, 3.05) is 0 Å². The summed E-state index contributed by atoms with van der Waals surface area (Å²) >= 11 is 6.11. The van der Waals surface area contributed by atoms with Crippen LogP contribution in [0, 0.1) is 0 Å². The first kappa shape index (κ1) is 20.7. The Hall–Kier alpha value is -3.61. The van der Waals surface area contributed by atoms with Crippen LogP contribution in [0.3, 0.4) is 0 Å². The summed E-state index contributed by atoms with van der Waals surface area (Å²) in [6, 6.07) is 21.8. The molecule has 0 aliphatic heterocycles. The first-order chi connectivity index (χ1) is 14.9. The maximum atomic E-state index is 11.1. The number of nitrogens with two attached hydrogens (primary N) is 2. The average molecular weight is 433 g/mol. The number of amides is 1. The number of aliphatic imine (C=N–C) groups is 1. The third-order valence-electron chi connectivity index (χ3n) is 5.01. The smallest absolute Gasteiger partial charge is 0.219 e. The van der Waals surface area contributed by atoms with Crippen molar-refractivity contribution in [1.82, 2.24) is 4.98 Å². The average Bonchev–Trinajstić information content (AvgIpc) is 3.07. The number of aromatic nitrogens is 1. The van der Waals surface area contributed by atoms with Crippen LogP contribution in [0.4, 0.5) is 5.69 Å². The number of carbonyl (C=O) groups excluding carboxylic acids is 1. The summed E-state index contributed by atoms with van der Waals surface area (Å²) in [7, 11) is 0. The van der Waals surface area contributed by atoms with E-state index in [1.807, 2.05) is 60.7 Å². The lowest BCUT2D eigenvalue weighted by atomic mass is 10.0. The number of primary amides is 1. The van der Waals surface area contributed by atoms with Crippen LogP contribution >= 0.6 is 11.6 Å². The molecule has 0 saturated carbocycles. The van der Waals surface area contributed by atoms with Crippen molar-refractivity contribution in [3.63, 3.8) is 0 Å². The minimum absolute atomic E-state index is 0.0139. The third-order valence-corrected chi connectivity index (χ3v) is 5.24. The molecule has 1 aromatic heterocycles. The molecule has 0 spiro atoms. The van der Waals surface area contributed by atoms with Gasteiger partial charge < -0.3 is 21.6 Å². The second-order valence-corrected chi connectivity index (χ2v) is 7.67. The van der Waals surface area contributed by atoms with Crippen LogP contribution in [-0.4, -0.2) is 21.7 Å². The lowest BCUT2D eigenvalue weighted by molar-refractivity contribution is -0.118. The highest BCUT2D eigenvalue weighted by Crippen LogP contribution is 2.33. The van der Waals surface area contributed by atoms with Crippen molar-refractivity contribution >= 4 is 39.8 Å². The summed E-state index contributed by atoms with van der Waals surface area (Å²) in [5, 5.41) is 12.1. The monoisotopic (exact) mass is 432 g/mol. The Labute approximate surface area is 184 Å². The molecular formula is C24H21ClN4O2. The standard InChI is InChI=1S/C24H21ClN4O2/c25-16-8-11-18-20(12-16)29-24(31)22(18)23(15-4-2-1-3-5-15)28-17-9-6-14(7-10-17)19(26)13-21(27)30/h1-12,19,29,31H,13,26H2,(H2,27,30). The molecule has 1 atom stereocenters. The third kappa shape index (κ3) is 4.45. The van der Waals surface area contributed by atoms with Crippen LogP contribution in [0.25, 0.3) is 10.9 Å². The van der Waals surface area contributed by atoms with Crippen LogP contribution in [0.5, 0.6) is 5.88 Å². The Morgan fingerprint density at radius 1 is 1.06 bits per heavy atom. The van der Waals surface area contributed by atoms with Gasteiger partial charge in [-0.2, -0.15) is 0 Å². The van der Waals surface area contributed by atoms with Crippen molar-refractivity contribution in [3.05, 3.63) is 94.5 Å². The largest absolute Gasteiger partial charge is 0.494 e. The second-order valence-electron chi connectivity index (χ2n) is 7.23. The zero-order valence-corrected chi connectivity index (χ0v) is 17.3. The molecular weight excluding hydrogens is 412 g/mol. The van der Waals surface area contributed by atoms with E-state index < -0.39 is 11.9 Å². The van der Waals surface area contributed by atoms with Crippen LogP contribution < -0.4 is 11.5 Å². The van der Waals surface area contributed by atoms with Crippen LogP contribution in [-0.2, 0) is 4.79 Å². The Bertz CT molecular complexity index is 1260. The van der Waals surface area contributed by atoms with Gasteiger partial charge in [0.1, 0.15) is 0 Å². The number of fused-ring (bicyclic) bond motifs is 1. The van der Waals surface area contributed by atoms with Gasteiger partial charge in [0.2, 0.25) is 5.91 Å². The predicted molar refractivity (Wildman–Crippen MR) is 124 cm³/mol. The molecule has 7 heteroatoms. The molecule has 0 bridgehead atoms. The normalized spacial score (nSPS) is 12.8. The number of carbonyl (C=O) groups is 1. The molecule has 4 aromatic rings. The number of halogens is 1. The molecule has 3 aromatic carbocycles. The van der Waals surface area contributed by atoms with Gasteiger partial charge in [0.05, 0.1) is 22.5 Å². The maximum Gasteiger partial charge on any atom is 0.219 e. The second kappa shape index (κ2) is 8.63. The van der Waals surface area contributed by atoms with E-state index in [4.69, 9.17) is 28.1 Å². The number of hydrogen-bond acceptors (Lipinski definition) is 4. The summed E-state index contributed by atoms with van der Waals surface area (Å²) in [5.41, 5.74) is 15.5. The van der Waals surface area contributed by atoms with E-state index in [9.17, 15) is 9.90 Å². The SMILES string of the molecule is NC(=O)CC(N)c1ccc(N=C(c2ccccc2)c2c(O)[nH]c3cc(Cl)ccc23)cc1. The van der Waals surface area contributed by atoms with E-state index in [0.717, 1.165) is 22.0 Å². The number of H-pyrrole nitrogens is 1. The Morgan fingerprint density at radius 2 is 1.77 bits per heavy atom. The molecule has 1 heterocycles. The number of benzene rings is 3. The lowest BCUT2D eigenvalue weighted by Gasteiger charge is -2.11. The fourth-order valence-electron chi connectivity index (χ4n) is 3.52. The molecule has 4 rings (SSSR count). The van der Waals surface area contributed by atoms with Crippen LogP contribution in [0.15, 0.2) is 77.8 Å². The van der Waals surface area contributed by atoms with Gasteiger partial charge in [0.15, 0.2) is 5.88 Å². The van der Waals surface area contributed by atoms with Crippen molar-refractivity contribution in [2.24, 2.45) is 16.5 Å². The topological polar surface area (TPSA) is 117 Å². The Balaban J connectivity index is 1.82. The van der Waals surface area contributed by atoms with Crippen LogP contribution in [0.2, 0.25) is 5.02 Å². The van der Waals surface area contributed by atoms with Gasteiger partial charge >= 0.3 is 0 Å². The first-order valence-corrected chi connectivity index (χ1v) is 10.1. The molecule has 6 nitrogen and oxygen atoms in total. The summed E-state index contributed by atoms with van der Waals surface area (Å²) in [6.45, 7) is 0. The van der Waals surface area contributed by atoms with E-state index in [0.29, 0.717) is 22.0 Å². The number of hydrogen-bond donors (Lipinski definition) is 4. The highest BCUT2D eigenvalue weighted by Gasteiger charge is 2.19. The highest BCUT2D eigenvalue weighted by molar-refractivity contribution is 6.31. The molecule has 1 unspecified atom stereocenters. The van der Waals surface area contributed by atoms with Crippen molar-refractivity contribution in [1.29, 1.82) is 0 Å². The minimum Gasteiger partial charge on any atom is -0.494 e. The Kier molecular flexibility index (Phi) is 5.75. The van der Waals surface area contributed by atoms with Crippen molar-refractivity contribution in [2.45, 2.75) is 12.5 Å². The van der Waals surface area contributed by atoms with Gasteiger partial charge in [-0.15, -0.1) is 0 Å². The zero-order valence-electron chi connectivity index (χ0n) is 16.5. The molecule has 0 radical (unpaired) electrons. The number of nitrogens with zero attached hydrogens (tertiary/aromatic N) is 1. The summed E-state index contributed by atoms with van der Waals surface area (Å²) in [5.74, 6) is -0.434. The van der Waals surface area contributed by atoms with Crippen molar-refractivity contribution < 1.29 is 9.90 Å². The summed E-state index contributed by atoms with van der Waals surface area (Å²) < 4.78 is 0. The molecule has 156 valence electrons. The quantitative estimate of drug-likeness (QED) is 0.334. The van der Waals surface area contributed by atoms with E-state index in [2.05, 4.69) is 4.98 Å². The van der Waals surface area contributed by atoms with Gasteiger partial charge in [-0.05, 0) is 29.8 Å². The zero-order chi connectivity index (χ0) is 22.0. The first-order valence-electron chi connectivity index (χ1n) is 9.71. The van der Waals surface area contributed by atoms with Crippen molar-refractivity contribution in [3.8, 4) is 5.88 Å². The number of rotatable bonds is 6. The Morgan fingerprint density at radius 3 is 2.45 bits per heavy atom. The van der Waals surface area contributed by atoms with Gasteiger partial charge in [0.25, 0.3) is 0 Å². The van der Waals surface area contributed by atoms with Gasteiger partial charge in [0, 0.05) is 28.4 Å². The summed E-state index contributed by atoms with van der Waals surface area (Å²) in [4.78, 5) is 18.9. The van der Waals surface area contributed by atoms with Gasteiger partial charge in [-0.3, -0.25) is 4.79 Å². The molecule has 6 N–H and O–H groups in total. The van der Waals surface area contributed by atoms with Crippen LogP contribution in [0.1, 0.15) is 29.2 Å². The molecule has 0 fully saturated rings. The van der Waals surface area contributed by atoms with E-state index in [1.54, 1.807) is 12.1 Å². The fourth-order valence-corrected chi connectivity index (χ4v) is 3.69. The number of nitrogens with one attached hydrogen (secondary N) is 1. The number of aromatic amines is 1. The fraction of sp³-hybridized carbons (Fsp3) is 0.0833. The van der Waals surface area contributed by atoms with E-state index in [-0.39, 0.29) is 12.3 Å². The van der Waals surface area contributed by atoms with E-state index in [1.165, 1.54) is 0 Å². The molecule has 31 heavy (non-hydrogen) atoms. The molecule has 0 saturated heterocycles.